The predicted molar refractivity (Wildman–Crippen MR) is 63.0 cm³/mol. The zero-order valence-corrected chi connectivity index (χ0v) is 10.2. The van der Waals surface area contributed by atoms with Gasteiger partial charge in [-0.1, -0.05) is 25.3 Å². The SMILES string of the molecule is C=CC(C1CCCCC1)n1cc(C(F)(F)F)cn1. The normalized spacial score (nSPS) is 19.7. The number of alkyl halides is 3. The Labute approximate surface area is 104 Å². The third-order valence-corrected chi connectivity index (χ3v) is 3.61. The van der Waals surface area contributed by atoms with Crippen LogP contribution in [0.3, 0.4) is 0 Å². The second kappa shape index (κ2) is 5.16. The highest BCUT2D eigenvalue weighted by atomic mass is 19.4. The summed E-state index contributed by atoms with van der Waals surface area (Å²) in [6.07, 6.45) is 4.94. The quantitative estimate of drug-likeness (QED) is 0.743. The van der Waals surface area contributed by atoms with Crippen molar-refractivity contribution in [2.24, 2.45) is 5.92 Å². The first-order valence-corrected chi connectivity index (χ1v) is 6.26. The Kier molecular flexibility index (Phi) is 3.78. The monoisotopic (exact) mass is 258 g/mol. The molecule has 5 heteroatoms. The molecular weight excluding hydrogens is 241 g/mol. The Balaban J connectivity index is 2.17. The van der Waals surface area contributed by atoms with Crippen LogP contribution < -0.4 is 0 Å². The molecule has 18 heavy (non-hydrogen) atoms. The lowest BCUT2D eigenvalue weighted by Crippen LogP contribution is -2.20. The molecule has 0 aliphatic heterocycles. The summed E-state index contributed by atoms with van der Waals surface area (Å²) >= 11 is 0. The summed E-state index contributed by atoms with van der Waals surface area (Å²) in [5, 5.41) is 3.85. The minimum Gasteiger partial charge on any atom is -0.265 e. The van der Waals surface area contributed by atoms with Crippen LogP contribution in [0.4, 0.5) is 13.2 Å². The van der Waals surface area contributed by atoms with Gasteiger partial charge in [0.2, 0.25) is 0 Å². The van der Waals surface area contributed by atoms with Crippen LogP contribution in [-0.2, 0) is 6.18 Å². The molecule has 0 saturated heterocycles. The predicted octanol–water partition coefficient (Wildman–Crippen LogP) is 4.21. The van der Waals surface area contributed by atoms with Gasteiger partial charge >= 0.3 is 6.18 Å². The largest absolute Gasteiger partial charge is 0.419 e. The van der Waals surface area contributed by atoms with Crippen LogP contribution in [0, 0.1) is 5.92 Å². The van der Waals surface area contributed by atoms with Crippen molar-refractivity contribution < 1.29 is 13.2 Å². The van der Waals surface area contributed by atoms with Crippen molar-refractivity contribution >= 4 is 0 Å². The van der Waals surface area contributed by atoms with E-state index in [4.69, 9.17) is 0 Å². The molecule has 1 atom stereocenters. The third-order valence-electron chi connectivity index (χ3n) is 3.61. The fraction of sp³-hybridized carbons (Fsp3) is 0.615. The standard InChI is InChI=1S/C13H17F3N2/c1-2-12(10-6-4-3-5-7-10)18-9-11(8-17-18)13(14,15)16/h2,8-10,12H,1,3-7H2. The number of allylic oxidation sites excluding steroid dienone is 1. The summed E-state index contributed by atoms with van der Waals surface area (Å²) in [7, 11) is 0. The average Bonchev–Trinajstić information content (AvgIpc) is 2.81. The maximum atomic E-state index is 12.5. The highest BCUT2D eigenvalue weighted by Gasteiger charge is 2.33. The summed E-state index contributed by atoms with van der Waals surface area (Å²) in [5.74, 6) is 0.359. The molecule has 0 aromatic carbocycles. The van der Waals surface area contributed by atoms with E-state index in [1.54, 1.807) is 6.08 Å². The van der Waals surface area contributed by atoms with E-state index >= 15 is 0 Å². The zero-order valence-electron chi connectivity index (χ0n) is 10.2. The van der Waals surface area contributed by atoms with E-state index in [9.17, 15) is 13.2 Å². The lowest BCUT2D eigenvalue weighted by atomic mass is 9.84. The molecule has 0 radical (unpaired) electrons. The first-order chi connectivity index (χ1) is 8.52. The lowest BCUT2D eigenvalue weighted by Gasteiger charge is -2.28. The van der Waals surface area contributed by atoms with Crippen molar-refractivity contribution in [2.45, 2.75) is 44.3 Å². The molecule has 2 rings (SSSR count). The number of halogens is 3. The van der Waals surface area contributed by atoms with Crippen LogP contribution >= 0.6 is 0 Å². The summed E-state index contributed by atoms with van der Waals surface area (Å²) in [5.41, 5.74) is -0.690. The molecule has 1 aromatic heterocycles. The van der Waals surface area contributed by atoms with Crippen molar-refractivity contribution in [3.63, 3.8) is 0 Å². The van der Waals surface area contributed by atoms with Gasteiger partial charge < -0.3 is 0 Å². The van der Waals surface area contributed by atoms with Crippen LogP contribution in [0.2, 0.25) is 0 Å². The number of hydrogen-bond donors (Lipinski definition) is 0. The van der Waals surface area contributed by atoms with E-state index in [-0.39, 0.29) is 6.04 Å². The van der Waals surface area contributed by atoms with Crippen molar-refractivity contribution in [3.05, 3.63) is 30.6 Å². The Bertz CT molecular complexity index is 403. The number of hydrogen-bond acceptors (Lipinski definition) is 1. The van der Waals surface area contributed by atoms with Gasteiger partial charge in [-0.2, -0.15) is 18.3 Å². The van der Waals surface area contributed by atoms with Crippen molar-refractivity contribution in [2.75, 3.05) is 0 Å². The molecule has 1 unspecified atom stereocenters. The summed E-state index contributed by atoms with van der Waals surface area (Å²) < 4.78 is 39.0. The van der Waals surface area contributed by atoms with Gasteiger partial charge in [-0.15, -0.1) is 6.58 Å². The second-order valence-corrected chi connectivity index (χ2v) is 4.83. The van der Waals surface area contributed by atoms with Gasteiger partial charge in [0.25, 0.3) is 0 Å². The minimum atomic E-state index is -4.32. The van der Waals surface area contributed by atoms with Gasteiger partial charge in [0, 0.05) is 6.20 Å². The molecule has 1 aliphatic rings. The molecule has 0 N–H and O–H groups in total. The molecule has 1 heterocycles. The van der Waals surface area contributed by atoms with Gasteiger partial charge in [-0.3, -0.25) is 4.68 Å². The molecule has 1 saturated carbocycles. The van der Waals surface area contributed by atoms with Crippen molar-refractivity contribution in [3.8, 4) is 0 Å². The van der Waals surface area contributed by atoms with Gasteiger partial charge in [0.05, 0.1) is 17.8 Å². The molecule has 2 nitrogen and oxygen atoms in total. The van der Waals surface area contributed by atoms with E-state index in [1.807, 2.05) is 0 Å². The maximum absolute atomic E-state index is 12.5. The van der Waals surface area contributed by atoms with Crippen molar-refractivity contribution in [1.29, 1.82) is 0 Å². The molecular formula is C13H17F3N2. The number of nitrogens with zero attached hydrogens (tertiary/aromatic N) is 2. The Morgan fingerprint density at radius 3 is 2.50 bits per heavy atom. The minimum absolute atomic E-state index is 0.124. The molecule has 0 spiro atoms. The van der Waals surface area contributed by atoms with Crippen LogP contribution in [0.25, 0.3) is 0 Å². The van der Waals surface area contributed by atoms with Crippen molar-refractivity contribution in [1.82, 2.24) is 9.78 Å². The van der Waals surface area contributed by atoms with Gasteiger partial charge in [-0.05, 0) is 18.8 Å². The van der Waals surface area contributed by atoms with Crippen LogP contribution in [0.1, 0.15) is 43.7 Å². The third kappa shape index (κ3) is 2.76. The number of rotatable bonds is 3. The molecule has 1 aliphatic carbocycles. The second-order valence-electron chi connectivity index (χ2n) is 4.83. The maximum Gasteiger partial charge on any atom is 0.419 e. The van der Waals surface area contributed by atoms with Gasteiger partial charge in [0.15, 0.2) is 0 Å². The summed E-state index contributed by atoms with van der Waals surface area (Å²) in [6, 6.07) is -0.124. The Hall–Kier alpha value is -1.26. The summed E-state index contributed by atoms with van der Waals surface area (Å²) in [6.45, 7) is 3.74. The van der Waals surface area contributed by atoms with Crippen LogP contribution in [0.15, 0.2) is 25.0 Å². The summed E-state index contributed by atoms with van der Waals surface area (Å²) in [4.78, 5) is 0. The first-order valence-electron chi connectivity index (χ1n) is 6.26. The molecule has 100 valence electrons. The Morgan fingerprint density at radius 2 is 2.00 bits per heavy atom. The molecule has 1 fully saturated rings. The highest BCUT2D eigenvalue weighted by molar-refractivity contribution is 5.10. The molecule has 1 aromatic rings. The van der Waals surface area contributed by atoms with Crippen LogP contribution in [-0.4, -0.2) is 9.78 Å². The van der Waals surface area contributed by atoms with Crippen LogP contribution in [0.5, 0.6) is 0 Å². The molecule has 0 bridgehead atoms. The average molecular weight is 258 g/mol. The van der Waals surface area contributed by atoms with Gasteiger partial charge in [-0.25, -0.2) is 0 Å². The molecule has 0 amide bonds. The topological polar surface area (TPSA) is 17.8 Å². The smallest absolute Gasteiger partial charge is 0.265 e. The van der Waals surface area contributed by atoms with E-state index in [1.165, 1.54) is 11.1 Å². The van der Waals surface area contributed by atoms with Gasteiger partial charge in [0.1, 0.15) is 0 Å². The Morgan fingerprint density at radius 1 is 1.33 bits per heavy atom. The first kappa shape index (κ1) is 13.2. The van der Waals surface area contributed by atoms with E-state index in [2.05, 4.69) is 11.7 Å². The fourth-order valence-electron chi connectivity index (χ4n) is 2.64. The zero-order chi connectivity index (χ0) is 13.2. The number of aromatic nitrogens is 2. The van der Waals surface area contributed by atoms with E-state index in [0.717, 1.165) is 38.1 Å². The highest BCUT2D eigenvalue weighted by Crippen LogP contribution is 2.35. The van der Waals surface area contributed by atoms with E-state index in [0.29, 0.717) is 5.92 Å². The fourth-order valence-corrected chi connectivity index (χ4v) is 2.64. The lowest BCUT2D eigenvalue weighted by molar-refractivity contribution is -0.137. The van der Waals surface area contributed by atoms with E-state index < -0.39 is 11.7 Å².